The Labute approximate surface area is 258 Å². The topological polar surface area (TPSA) is 88.2 Å². The van der Waals surface area contributed by atoms with Gasteiger partial charge in [0.15, 0.2) is 5.11 Å². The normalized spacial score (nSPS) is 11.3. The highest BCUT2D eigenvalue weighted by atomic mass is 35.5. The quantitative estimate of drug-likeness (QED) is 0.136. The van der Waals surface area contributed by atoms with Crippen LogP contribution in [0, 0.1) is 6.92 Å². The number of hydrogen-bond acceptors (Lipinski definition) is 6. The van der Waals surface area contributed by atoms with Gasteiger partial charge < -0.3 is 14.6 Å². The van der Waals surface area contributed by atoms with Crippen LogP contribution in [0.4, 0.5) is 11.4 Å². The largest absolute Gasteiger partial charge is 0.457 e. The first-order chi connectivity index (χ1) is 20.2. The lowest BCUT2D eigenvalue weighted by Gasteiger charge is -2.20. The van der Waals surface area contributed by atoms with E-state index in [0.29, 0.717) is 32.6 Å². The van der Waals surface area contributed by atoms with Crippen molar-refractivity contribution < 1.29 is 9.21 Å². The minimum atomic E-state index is -0.409. The fraction of sp³-hybridized carbons (Fsp3) is 0.161. The third kappa shape index (κ3) is 6.65. The number of amides is 1. The molecule has 0 spiro atoms. The SMILES string of the molecule is CCN(CC)c1ccc(-n2nc3cc(C)c(NC(=S)NC(=O)/C=C/c4ccc(-c5ccc(Cl)cc5Cl)o4)cc3n2)cc1. The molecule has 2 N–H and O–H groups in total. The second-order valence-electron chi connectivity index (χ2n) is 9.44. The van der Waals surface area contributed by atoms with E-state index in [0.717, 1.165) is 41.2 Å². The number of halogens is 2. The van der Waals surface area contributed by atoms with Gasteiger partial charge in [-0.3, -0.25) is 10.1 Å². The van der Waals surface area contributed by atoms with Crippen LogP contribution in [0.1, 0.15) is 25.2 Å². The van der Waals surface area contributed by atoms with Crippen molar-refractivity contribution in [2.24, 2.45) is 0 Å². The number of benzene rings is 3. The van der Waals surface area contributed by atoms with Crippen molar-refractivity contribution in [2.45, 2.75) is 20.8 Å². The molecule has 0 aliphatic heterocycles. The molecule has 8 nitrogen and oxygen atoms in total. The second-order valence-corrected chi connectivity index (χ2v) is 10.7. The molecule has 0 radical (unpaired) electrons. The summed E-state index contributed by atoms with van der Waals surface area (Å²) in [5, 5.41) is 16.2. The Balaban J connectivity index is 1.22. The molecule has 0 unspecified atom stereocenters. The second kappa shape index (κ2) is 12.8. The van der Waals surface area contributed by atoms with Gasteiger partial charge in [0.25, 0.3) is 0 Å². The number of nitrogens with one attached hydrogen (secondary N) is 2. The van der Waals surface area contributed by atoms with Gasteiger partial charge >= 0.3 is 0 Å². The van der Waals surface area contributed by atoms with Crippen molar-refractivity contribution in [3.8, 4) is 17.0 Å². The van der Waals surface area contributed by atoms with Crippen LogP contribution in [0.2, 0.25) is 10.0 Å². The maximum atomic E-state index is 12.5. The predicted octanol–water partition coefficient (Wildman–Crippen LogP) is 7.67. The Bertz CT molecular complexity index is 1790. The summed E-state index contributed by atoms with van der Waals surface area (Å²) < 4.78 is 5.80. The lowest BCUT2D eigenvalue weighted by atomic mass is 10.2. The van der Waals surface area contributed by atoms with E-state index in [1.165, 1.54) is 6.08 Å². The number of anilines is 2. The molecule has 42 heavy (non-hydrogen) atoms. The van der Waals surface area contributed by atoms with Gasteiger partial charge in [0, 0.05) is 41.1 Å². The molecule has 11 heteroatoms. The third-order valence-electron chi connectivity index (χ3n) is 6.64. The monoisotopic (exact) mass is 618 g/mol. The highest BCUT2D eigenvalue weighted by molar-refractivity contribution is 7.80. The molecule has 214 valence electrons. The zero-order valence-electron chi connectivity index (χ0n) is 23.2. The Morgan fingerprint density at radius 3 is 2.40 bits per heavy atom. The summed E-state index contributed by atoms with van der Waals surface area (Å²) in [6, 6.07) is 20.6. The average Bonchev–Trinajstić information content (AvgIpc) is 3.60. The van der Waals surface area contributed by atoms with Crippen molar-refractivity contribution in [1.29, 1.82) is 0 Å². The van der Waals surface area contributed by atoms with Crippen LogP contribution in [-0.2, 0) is 4.79 Å². The number of thiocarbonyl (C=S) groups is 1. The van der Waals surface area contributed by atoms with Crippen molar-refractivity contribution in [3.63, 3.8) is 0 Å². The fourth-order valence-corrected chi connectivity index (χ4v) is 5.16. The molecule has 0 aliphatic carbocycles. The standard InChI is InChI=1S/C31H28Cl2N6O2S/c1-4-38(5-2)21-7-9-22(10-8-21)39-36-27-16-19(3)26(18-28(27)37-39)34-31(42)35-30(40)15-12-23-11-14-29(41-23)24-13-6-20(32)17-25(24)33/h6-18H,4-5H2,1-3H3,(H2,34,35,40,42)/b15-12+. The van der Waals surface area contributed by atoms with Gasteiger partial charge in [-0.15, -0.1) is 10.2 Å². The van der Waals surface area contributed by atoms with E-state index in [9.17, 15) is 4.79 Å². The molecule has 0 bridgehead atoms. The van der Waals surface area contributed by atoms with Gasteiger partial charge in [-0.1, -0.05) is 23.2 Å². The summed E-state index contributed by atoms with van der Waals surface area (Å²) in [4.78, 5) is 16.4. The molecular weight excluding hydrogens is 591 g/mol. The summed E-state index contributed by atoms with van der Waals surface area (Å²) in [5.74, 6) is 0.637. The molecule has 3 aromatic carbocycles. The summed E-state index contributed by atoms with van der Waals surface area (Å²) in [7, 11) is 0. The Hall–Kier alpha value is -4.18. The molecule has 2 heterocycles. The Morgan fingerprint density at radius 1 is 1.00 bits per heavy atom. The maximum absolute atomic E-state index is 12.5. The van der Waals surface area contributed by atoms with E-state index in [1.807, 2.05) is 31.2 Å². The van der Waals surface area contributed by atoms with Crippen LogP contribution in [0.3, 0.4) is 0 Å². The van der Waals surface area contributed by atoms with E-state index in [1.54, 1.807) is 41.2 Å². The number of nitrogens with zero attached hydrogens (tertiary/aromatic N) is 4. The molecule has 5 rings (SSSR count). The number of furan rings is 1. The molecule has 0 aliphatic rings. The minimum Gasteiger partial charge on any atom is -0.457 e. The van der Waals surface area contributed by atoms with E-state index in [2.05, 4.69) is 51.7 Å². The summed E-state index contributed by atoms with van der Waals surface area (Å²) in [6.45, 7) is 8.10. The summed E-state index contributed by atoms with van der Waals surface area (Å²) >= 11 is 17.6. The van der Waals surface area contributed by atoms with Gasteiger partial charge in [0.2, 0.25) is 5.91 Å². The number of aromatic nitrogens is 3. The zero-order chi connectivity index (χ0) is 29.8. The average molecular weight is 620 g/mol. The van der Waals surface area contributed by atoms with Crippen molar-refractivity contribution >= 4 is 74.9 Å². The molecule has 0 atom stereocenters. The van der Waals surface area contributed by atoms with Crippen molar-refractivity contribution in [3.05, 3.63) is 94.2 Å². The third-order valence-corrected chi connectivity index (χ3v) is 7.39. The molecule has 1 amide bonds. The Kier molecular flexibility index (Phi) is 8.91. The van der Waals surface area contributed by atoms with Crippen molar-refractivity contribution in [2.75, 3.05) is 23.3 Å². The first-order valence-electron chi connectivity index (χ1n) is 13.3. The minimum absolute atomic E-state index is 0.152. The van der Waals surface area contributed by atoms with Crippen LogP contribution < -0.4 is 15.5 Å². The molecule has 0 saturated heterocycles. The zero-order valence-corrected chi connectivity index (χ0v) is 25.5. The molecule has 0 saturated carbocycles. The molecule has 2 aromatic heterocycles. The first-order valence-corrected chi connectivity index (χ1v) is 14.5. The number of hydrogen-bond donors (Lipinski definition) is 2. The number of rotatable bonds is 8. The summed E-state index contributed by atoms with van der Waals surface area (Å²) in [6.07, 6.45) is 2.89. The van der Waals surface area contributed by atoms with Crippen LogP contribution in [-0.4, -0.2) is 39.1 Å². The number of carbonyl (C=O) groups is 1. The Morgan fingerprint density at radius 2 is 1.71 bits per heavy atom. The predicted molar refractivity (Wildman–Crippen MR) is 175 cm³/mol. The van der Waals surface area contributed by atoms with Gasteiger partial charge in [0.1, 0.15) is 22.6 Å². The maximum Gasteiger partial charge on any atom is 0.250 e. The molecular formula is C31H28Cl2N6O2S. The lowest BCUT2D eigenvalue weighted by Crippen LogP contribution is -2.33. The lowest BCUT2D eigenvalue weighted by molar-refractivity contribution is -0.115. The van der Waals surface area contributed by atoms with Crippen LogP contribution >= 0.6 is 35.4 Å². The van der Waals surface area contributed by atoms with E-state index >= 15 is 0 Å². The van der Waals surface area contributed by atoms with Crippen molar-refractivity contribution in [1.82, 2.24) is 20.3 Å². The highest BCUT2D eigenvalue weighted by Crippen LogP contribution is 2.32. The van der Waals surface area contributed by atoms with Crippen LogP contribution in [0.5, 0.6) is 0 Å². The summed E-state index contributed by atoms with van der Waals surface area (Å²) in [5.41, 5.74) is 5.80. The van der Waals surface area contributed by atoms with Gasteiger partial charge in [-0.2, -0.15) is 4.80 Å². The van der Waals surface area contributed by atoms with E-state index < -0.39 is 5.91 Å². The van der Waals surface area contributed by atoms with Gasteiger partial charge in [-0.05, 0) is 111 Å². The van der Waals surface area contributed by atoms with Gasteiger partial charge in [-0.25, -0.2) is 0 Å². The van der Waals surface area contributed by atoms with Crippen LogP contribution in [0.25, 0.3) is 34.1 Å². The molecule has 0 fully saturated rings. The van der Waals surface area contributed by atoms with Crippen LogP contribution in [0.15, 0.2) is 77.2 Å². The van der Waals surface area contributed by atoms with E-state index in [4.69, 9.17) is 39.8 Å². The van der Waals surface area contributed by atoms with E-state index in [-0.39, 0.29) is 5.11 Å². The smallest absolute Gasteiger partial charge is 0.250 e. The molecule has 5 aromatic rings. The fourth-order valence-electron chi connectivity index (χ4n) is 4.45. The number of fused-ring (bicyclic) bond motifs is 1. The highest BCUT2D eigenvalue weighted by Gasteiger charge is 2.12. The number of carbonyl (C=O) groups excluding carboxylic acids is 1. The van der Waals surface area contributed by atoms with Gasteiger partial charge in [0.05, 0.1) is 10.7 Å². The number of aryl methyl sites for hydroxylation is 1. The first kappa shape index (κ1) is 29.3.